The Morgan fingerprint density at radius 2 is 2.10 bits per heavy atom. The van der Waals surface area contributed by atoms with Gasteiger partial charge in [0.1, 0.15) is 5.82 Å². The van der Waals surface area contributed by atoms with Crippen LogP contribution in [-0.2, 0) is 13.0 Å². The maximum atomic E-state index is 6.11. The Kier molecular flexibility index (Phi) is 3.89. The molecule has 0 radical (unpaired) electrons. The van der Waals surface area contributed by atoms with Crippen molar-refractivity contribution in [1.82, 2.24) is 14.8 Å². The van der Waals surface area contributed by atoms with Crippen molar-refractivity contribution in [1.29, 1.82) is 0 Å². The summed E-state index contributed by atoms with van der Waals surface area (Å²) in [7, 11) is 0. The third kappa shape index (κ3) is 2.65. The molecule has 106 valence electrons. The predicted molar refractivity (Wildman–Crippen MR) is 82.3 cm³/mol. The van der Waals surface area contributed by atoms with Crippen LogP contribution < -0.4 is 5.73 Å². The van der Waals surface area contributed by atoms with E-state index < -0.39 is 0 Å². The Hall–Kier alpha value is -1.20. The molecule has 4 nitrogen and oxygen atoms in total. The molecule has 20 heavy (non-hydrogen) atoms. The zero-order chi connectivity index (χ0) is 14.1. The molecule has 0 bridgehead atoms. The van der Waals surface area contributed by atoms with Gasteiger partial charge in [-0.15, -0.1) is 10.2 Å². The number of nitrogens with zero attached hydrogens (tertiary/aromatic N) is 3. The van der Waals surface area contributed by atoms with Crippen LogP contribution in [0.25, 0.3) is 0 Å². The smallest absolute Gasteiger partial charge is 0.196 e. The minimum absolute atomic E-state index is 0.591. The lowest BCUT2D eigenvalue weighted by Gasteiger charge is -2.09. The van der Waals surface area contributed by atoms with E-state index >= 15 is 0 Å². The summed E-state index contributed by atoms with van der Waals surface area (Å²) in [6, 6.07) is 3.82. The van der Waals surface area contributed by atoms with E-state index in [1.54, 1.807) is 11.8 Å². The minimum Gasteiger partial charge on any atom is -0.398 e. The highest BCUT2D eigenvalue weighted by atomic mass is 35.5. The standard InChI is InChI=1S/C14H17ClN4S/c1-9-7-11(16)10(15)8-12(9)20-14-18-17-13-5-3-2-4-6-19(13)14/h7-8H,2-6,16H2,1H3. The number of halogens is 1. The van der Waals surface area contributed by atoms with Gasteiger partial charge >= 0.3 is 0 Å². The second-order valence-corrected chi connectivity index (χ2v) is 6.52. The van der Waals surface area contributed by atoms with E-state index in [0.717, 1.165) is 34.4 Å². The highest BCUT2D eigenvalue weighted by molar-refractivity contribution is 7.99. The molecule has 0 atom stereocenters. The summed E-state index contributed by atoms with van der Waals surface area (Å²) in [6.07, 6.45) is 4.69. The lowest BCUT2D eigenvalue weighted by Crippen LogP contribution is -2.02. The molecule has 1 aliphatic rings. The lowest BCUT2D eigenvalue weighted by atomic mass is 10.2. The van der Waals surface area contributed by atoms with Gasteiger partial charge in [-0.05, 0) is 49.2 Å². The number of hydrogen-bond acceptors (Lipinski definition) is 4. The number of anilines is 1. The van der Waals surface area contributed by atoms with Crippen molar-refractivity contribution in [2.24, 2.45) is 0 Å². The number of nitrogen functional groups attached to an aromatic ring is 1. The number of aryl methyl sites for hydroxylation is 2. The minimum atomic E-state index is 0.591. The van der Waals surface area contributed by atoms with E-state index in [4.69, 9.17) is 17.3 Å². The fourth-order valence-corrected chi connectivity index (χ4v) is 3.64. The fourth-order valence-electron chi connectivity index (χ4n) is 2.43. The maximum absolute atomic E-state index is 6.11. The van der Waals surface area contributed by atoms with E-state index in [9.17, 15) is 0 Å². The van der Waals surface area contributed by atoms with E-state index in [1.165, 1.54) is 19.3 Å². The van der Waals surface area contributed by atoms with Crippen LogP contribution in [0.4, 0.5) is 5.69 Å². The average Bonchev–Trinajstić information content (AvgIpc) is 2.65. The van der Waals surface area contributed by atoms with Crippen molar-refractivity contribution in [3.63, 3.8) is 0 Å². The third-order valence-corrected chi connectivity index (χ3v) is 5.04. The Morgan fingerprint density at radius 1 is 1.25 bits per heavy atom. The zero-order valence-electron chi connectivity index (χ0n) is 11.4. The predicted octanol–water partition coefficient (Wildman–Crippen LogP) is 3.70. The molecule has 0 spiro atoms. The summed E-state index contributed by atoms with van der Waals surface area (Å²) in [5.41, 5.74) is 7.55. The molecule has 1 aromatic heterocycles. The molecule has 6 heteroatoms. The van der Waals surface area contributed by atoms with E-state index in [2.05, 4.69) is 14.8 Å². The van der Waals surface area contributed by atoms with Crippen LogP contribution in [0.1, 0.15) is 30.7 Å². The Balaban J connectivity index is 1.92. The summed E-state index contributed by atoms with van der Waals surface area (Å²) in [6.45, 7) is 3.04. The first kappa shape index (κ1) is 13.8. The van der Waals surface area contributed by atoms with Gasteiger partial charge in [-0.1, -0.05) is 18.0 Å². The van der Waals surface area contributed by atoms with Crippen molar-refractivity contribution in [3.05, 3.63) is 28.5 Å². The molecule has 0 saturated heterocycles. The first-order valence-electron chi connectivity index (χ1n) is 6.80. The quantitative estimate of drug-likeness (QED) is 0.859. The van der Waals surface area contributed by atoms with Crippen LogP contribution in [0.2, 0.25) is 5.02 Å². The van der Waals surface area contributed by atoms with Crippen LogP contribution in [0.3, 0.4) is 0 Å². The topological polar surface area (TPSA) is 56.7 Å². The molecular weight excluding hydrogens is 292 g/mol. The molecule has 2 N–H and O–H groups in total. The van der Waals surface area contributed by atoms with Crippen LogP contribution in [0.15, 0.2) is 22.2 Å². The van der Waals surface area contributed by atoms with Gasteiger partial charge in [-0.3, -0.25) is 0 Å². The first-order chi connectivity index (χ1) is 9.65. The summed E-state index contributed by atoms with van der Waals surface area (Å²) in [5.74, 6) is 1.10. The molecule has 0 aliphatic carbocycles. The number of fused-ring (bicyclic) bond motifs is 1. The van der Waals surface area contributed by atoms with Crippen LogP contribution in [0, 0.1) is 6.92 Å². The third-order valence-electron chi connectivity index (χ3n) is 3.57. The highest BCUT2D eigenvalue weighted by Gasteiger charge is 2.16. The van der Waals surface area contributed by atoms with Gasteiger partial charge in [0.05, 0.1) is 10.7 Å². The van der Waals surface area contributed by atoms with Crippen LogP contribution in [0.5, 0.6) is 0 Å². The summed E-state index contributed by atoms with van der Waals surface area (Å²) >= 11 is 7.73. The number of hydrogen-bond donors (Lipinski definition) is 1. The number of rotatable bonds is 2. The van der Waals surface area contributed by atoms with Crippen LogP contribution in [-0.4, -0.2) is 14.8 Å². The van der Waals surface area contributed by atoms with Gasteiger partial charge in [0.25, 0.3) is 0 Å². The summed E-state index contributed by atoms with van der Waals surface area (Å²) in [4.78, 5) is 1.09. The molecule has 0 amide bonds. The van der Waals surface area contributed by atoms with Crippen molar-refractivity contribution < 1.29 is 0 Å². The average molecular weight is 309 g/mol. The van der Waals surface area contributed by atoms with Crippen LogP contribution >= 0.6 is 23.4 Å². The van der Waals surface area contributed by atoms with Gasteiger partial charge in [0.15, 0.2) is 5.16 Å². The summed E-state index contributed by atoms with van der Waals surface area (Å²) in [5, 5.41) is 10.2. The molecular formula is C14H17ClN4S. The zero-order valence-corrected chi connectivity index (χ0v) is 13.0. The Bertz CT molecular complexity index is 638. The normalized spacial score (nSPS) is 14.9. The van der Waals surface area contributed by atoms with Gasteiger partial charge < -0.3 is 10.3 Å². The van der Waals surface area contributed by atoms with Gasteiger partial charge in [0.2, 0.25) is 0 Å². The van der Waals surface area contributed by atoms with E-state index in [-0.39, 0.29) is 0 Å². The number of benzene rings is 1. The Labute approximate surface area is 127 Å². The second-order valence-electron chi connectivity index (χ2n) is 5.10. The van der Waals surface area contributed by atoms with Crippen molar-refractivity contribution in [2.75, 3.05) is 5.73 Å². The molecule has 0 fully saturated rings. The molecule has 2 aromatic rings. The molecule has 0 saturated carbocycles. The SMILES string of the molecule is Cc1cc(N)c(Cl)cc1Sc1nnc2n1CCCCC2. The Morgan fingerprint density at radius 3 is 2.95 bits per heavy atom. The van der Waals surface area contributed by atoms with Crippen molar-refractivity contribution in [2.45, 2.75) is 49.2 Å². The van der Waals surface area contributed by atoms with E-state index in [0.29, 0.717) is 10.7 Å². The number of nitrogens with two attached hydrogens (primary N) is 1. The van der Waals surface area contributed by atoms with E-state index in [1.807, 2.05) is 19.1 Å². The van der Waals surface area contributed by atoms with Gasteiger partial charge in [0, 0.05) is 17.9 Å². The molecule has 2 heterocycles. The molecule has 1 aliphatic heterocycles. The largest absolute Gasteiger partial charge is 0.398 e. The van der Waals surface area contributed by atoms with Gasteiger partial charge in [-0.25, -0.2) is 0 Å². The monoisotopic (exact) mass is 308 g/mol. The highest BCUT2D eigenvalue weighted by Crippen LogP contribution is 2.34. The summed E-state index contributed by atoms with van der Waals surface area (Å²) < 4.78 is 2.24. The molecule has 1 aromatic carbocycles. The van der Waals surface area contributed by atoms with Gasteiger partial charge in [-0.2, -0.15) is 0 Å². The molecule has 0 unspecified atom stereocenters. The maximum Gasteiger partial charge on any atom is 0.196 e. The van der Waals surface area contributed by atoms with Crippen molar-refractivity contribution >= 4 is 29.1 Å². The van der Waals surface area contributed by atoms with Crippen molar-refractivity contribution in [3.8, 4) is 0 Å². The second kappa shape index (κ2) is 5.66. The number of aromatic nitrogens is 3. The fraction of sp³-hybridized carbons (Fsp3) is 0.429. The first-order valence-corrected chi connectivity index (χ1v) is 8.00. The molecule has 3 rings (SSSR count). The lowest BCUT2D eigenvalue weighted by molar-refractivity contribution is 0.591.